The molecule has 0 bridgehead atoms. The van der Waals surface area contributed by atoms with Crippen molar-refractivity contribution in [2.75, 3.05) is 44.2 Å². The fourth-order valence-corrected chi connectivity index (χ4v) is 3.68. The molecule has 3 rings (SSSR count). The Morgan fingerprint density at radius 1 is 1.00 bits per heavy atom. The van der Waals surface area contributed by atoms with Gasteiger partial charge < -0.3 is 14.7 Å². The minimum Gasteiger partial charge on any atom is -0.341 e. The molecular weight excluding hydrogens is 330 g/mol. The van der Waals surface area contributed by atoms with Gasteiger partial charge in [0.05, 0.1) is 5.92 Å². The zero-order chi connectivity index (χ0) is 18.7. The predicted octanol–water partition coefficient (Wildman–Crippen LogP) is 1.41. The van der Waals surface area contributed by atoms with Crippen LogP contribution in [0.15, 0.2) is 18.5 Å². The Bertz CT molecular complexity index is 635. The molecule has 1 atom stereocenters. The molecule has 2 aliphatic heterocycles. The summed E-state index contributed by atoms with van der Waals surface area (Å²) in [6.07, 6.45) is 5.25. The molecule has 0 N–H and O–H groups in total. The molecule has 0 saturated carbocycles. The summed E-state index contributed by atoms with van der Waals surface area (Å²) in [5, 5.41) is 0. The van der Waals surface area contributed by atoms with Crippen molar-refractivity contribution in [1.82, 2.24) is 19.8 Å². The van der Waals surface area contributed by atoms with Gasteiger partial charge in [0.25, 0.3) is 0 Å². The van der Waals surface area contributed by atoms with Gasteiger partial charge in [-0.1, -0.05) is 20.8 Å². The molecule has 0 spiro atoms. The summed E-state index contributed by atoms with van der Waals surface area (Å²) in [6.45, 7) is 9.97. The average Bonchev–Trinajstić information content (AvgIpc) is 2.67. The van der Waals surface area contributed by atoms with Crippen LogP contribution < -0.4 is 4.90 Å². The molecule has 3 heterocycles. The highest BCUT2D eigenvalue weighted by molar-refractivity contribution is 5.84. The minimum absolute atomic E-state index is 0.0745. The maximum Gasteiger partial charge on any atom is 0.227 e. The second-order valence-corrected chi connectivity index (χ2v) is 8.20. The lowest BCUT2D eigenvalue weighted by Crippen LogP contribution is -2.54. The van der Waals surface area contributed by atoms with E-state index in [1.165, 1.54) is 0 Å². The van der Waals surface area contributed by atoms with E-state index in [1.54, 1.807) is 18.5 Å². The Morgan fingerprint density at radius 2 is 1.65 bits per heavy atom. The first-order chi connectivity index (χ1) is 12.4. The van der Waals surface area contributed by atoms with E-state index < -0.39 is 5.41 Å². The smallest absolute Gasteiger partial charge is 0.227 e. The van der Waals surface area contributed by atoms with E-state index >= 15 is 0 Å². The first kappa shape index (κ1) is 18.6. The van der Waals surface area contributed by atoms with Crippen LogP contribution in [-0.2, 0) is 9.59 Å². The zero-order valence-corrected chi connectivity index (χ0v) is 16.0. The minimum atomic E-state index is -0.397. The molecule has 142 valence electrons. The van der Waals surface area contributed by atoms with Crippen molar-refractivity contribution in [3.05, 3.63) is 18.5 Å². The van der Waals surface area contributed by atoms with Gasteiger partial charge in [-0.2, -0.15) is 0 Å². The van der Waals surface area contributed by atoms with Crippen molar-refractivity contribution in [1.29, 1.82) is 0 Å². The molecule has 1 aromatic heterocycles. The summed E-state index contributed by atoms with van der Waals surface area (Å²) >= 11 is 0. The first-order valence-corrected chi connectivity index (χ1v) is 9.46. The third-order valence-corrected chi connectivity index (χ3v) is 5.13. The molecule has 7 nitrogen and oxygen atoms in total. The van der Waals surface area contributed by atoms with Gasteiger partial charge in [-0.15, -0.1) is 0 Å². The number of likely N-dealkylation sites (tertiary alicyclic amines) is 1. The van der Waals surface area contributed by atoms with Crippen molar-refractivity contribution in [3.63, 3.8) is 0 Å². The topological polar surface area (TPSA) is 69.6 Å². The number of nitrogens with zero attached hydrogens (tertiary/aromatic N) is 5. The fraction of sp³-hybridized carbons (Fsp3) is 0.684. The molecule has 7 heteroatoms. The van der Waals surface area contributed by atoms with Crippen LogP contribution in [0.2, 0.25) is 0 Å². The SMILES string of the molecule is CC(C)(C)C(=O)N1CCCC(C(=O)N2CCN(c3ncccn3)CC2)C1. The number of carbonyl (C=O) groups is 2. The van der Waals surface area contributed by atoms with Crippen molar-refractivity contribution in [3.8, 4) is 0 Å². The molecule has 1 aromatic rings. The van der Waals surface area contributed by atoms with Crippen LogP contribution in [0.1, 0.15) is 33.6 Å². The molecule has 0 aliphatic carbocycles. The molecular formula is C19H29N5O2. The highest BCUT2D eigenvalue weighted by Gasteiger charge is 2.35. The number of hydrogen-bond donors (Lipinski definition) is 0. The molecule has 2 amide bonds. The largest absolute Gasteiger partial charge is 0.341 e. The quantitative estimate of drug-likeness (QED) is 0.799. The molecule has 1 unspecified atom stereocenters. The maximum absolute atomic E-state index is 13.0. The van der Waals surface area contributed by atoms with Crippen LogP contribution in [0.25, 0.3) is 0 Å². The van der Waals surface area contributed by atoms with Gasteiger partial charge in [-0.25, -0.2) is 9.97 Å². The second-order valence-electron chi connectivity index (χ2n) is 8.20. The molecule has 2 saturated heterocycles. The average molecular weight is 359 g/mol. The van der Waals surface area contributed by atoms with Crippen molar-refractivity contribution in [2.45, 2.75) is 33.6 Å². The van der Waals surface area contributed by atoms with Crippen molar-refractivity contribution >= 4 is 17.8 Å². The maximum atomic E-state index is 13.0. The Balaban J connectivity index is 1.56. The van der Waals surface area contributed by atoms with Gasteiger partial charge >= 0.3 is 0 Å². The highest BCUT2D eigenvalue weighted by Crippen LogP contribution is 2.25. The number of piperazine rings is 1. The Hall–Kier alpha value is -2.18. The standard InChI is InChI=1S/C19H29N5O2/c1-19(2,3)17(26)24-9-4-6-15(14-24)16(25)22-10-12-23(13-11-22)18-20-7-5-8-21-18/h5,7-8,15H,4,6,9-14H2,1-3H3. The zero-order valence-electron chi connectivity index (χ0n) is 16.0. The first-order valence-electron chi connectivity index (χ1n) is 9.46. The van der Waals surface area contributed by atoms with Crippen LogP contribution in [0, 0.1) is 11.3 Å². The number of anilines is 1. The van der Waals surface area contributed by atoms with Crippen LogP contribution in [0.3, 0.4) is 0 Å². The summed E-state index contributed by atoms with van der Waals surface area (Å²) in [5.74, 6) is 0.972. The molecule has 2 fully saturated rings. The number of carbonyl (C=O) groups excluding carboxylic acids is 2. The lowest BCUT2D eigenvalue weighted by atomic mass is 9.90. The summed E-state index contributed by atoms with van der Waals surface area (Å²) in [4.78, 5) is 40.0. The number of rotatable bonds is 2. The highest BCUT2D eigenvalue weighted by atomic mass is 16.2. The number of aromatic nitrogens is 2. The lowest BCUT2D eigenvalue weighted by molar-refractivity contribution is -0.145. The Labute approximate surface area is 155 Å². The number of piperidine rings is 1. The molecule has 0 radical (unpaired) electrons. The lowest BCUT2D eigenvalue weighted by Gasteiger charge is -2.40. The van der Waals surface area contributed by atoms with E-state index in [0.29, 0.717) is 19.6 Å². The monoisotopic (exact) mass is 359 g/mol. The summed E-state index contributed by atoms with van der Waals surface area (Å²) in [5.41, 5.74) is -0.397. The third kappa shape index (κ3) is 4.14. The van der Waals surface area contributed by atoms with Crippen LogP contribution in [-0.4, -0.2) is 70.9 Å². The van der Waals surface area contributed by atoms with Gasteiger partial charge in [0.15, 0.2) is 0 Å². The molecule has 0 aromatic carbocycles. The van der Waals surface area contributed by atoms with E-state index in [9.17, 15) is 9.59 Å². The van der Waals surface area contributed by atoms with E-state index in [4.69, 9.17) is 0 Å². The Morgan fingerprint density at radius 3 is 2.27 bits per heavy atom. The van der Waals surface area contributed by atoms with Crippen LogP contribution in [0.5, 0.6) is 0 Å². The number of amides is 2. The predicted molar refractivity (Wildman–Crippen MR) is 99.6 cm³/mol. The van der Waals surface area contributed by atoms with Gasteiger partial charge in [0.2, 0.25) is 17.8 Å². The second kappa shape index (κ2) is 7.60. The van der Waals surface area contributed by atoms with Crippen LogP contribution >= 0.6 is 0 Å². The fourth-order valence-electron chi connectivity index (χ4n) is 3.68. The third-order valence-electron chi connectivity index (χ3n) is 5.13. The molecule has 2 aliphatic rings. The van der Waals surface area contributed by atoms with Gasteiger partial charge in [0, 0.05) is 57.1 Å². The Kier molecular flexibility index (Phi) is 5.44. The van der Waals surface area contributed by atoms with E-state index in [2.05, 4.69) is 14.9 Å². The van der Waals surface area contributed by atoms with Crippen LogP contribution in [0.4, 0.5) is 5.95 Å². The van der Waals surface area contributed by atoms with E-state index in [0.717, 1.165) is 38.4 Å². The summed E-state index contributed by atoms with van der Waals surface area (Å²) in [6, 6.07) is 1.80. The van der Waals surface area contributed by atoms with Crippen molar-refractivity contribution < 1.29 is 9.59 Å². The van der Waals surface area contributed by atoms with E-state index in [-0.39, 0.29) is 17.7 Å². The molecule has 26 heavy (non-hydrogen) atoms. The summed E-state index contributed by atoms with van der Waals surface area (Å²) < 4.78 is 0. The van der Waals surface area contributed by atoms with Gasteiger partial charge in [-0.05, 0) is 18.9 Å². The van der Waals surface area contributed by atoms with E-state index in [1.807, 2.05) is 30.6 Å². The van der Waals surface area contributed by atoms with Gasteiger partial charge in [-0.3, -0.25) is 9.59 Å². The van der Waals surface area contributed by atoms with Crippen molar-refractivity contribution in [2.24, 2.45) is 11.3 Å². The summed E-state index contributed by atoms with van der Waals surface area (Å²) in [7, 11) is 0. The number of hydrogen-bond acceptors (Lipinski definition) is 5. The normalized spacial score (nSPS) is 21.7. The van der Waals surface area contributed by atoms with Gasteiger partial charge in [0.1, 0.15) is 0 Å².